The van der Waals surface area contributed by atoms with Crippen LogP contribution in [0.15, 0.2) is 24.3 Å². The van der Waals surface area contributed by atoms with Crippen LogP contribution in [0.1, 0.15) is 85.2 Å². The summed E-state index contributed by atoms with van der Waals surface area (Å²) in [6.07, 6.45) is 3.54. The molecule has 2 saturated carbocycles. The van der Waals surface area contributed by atoms with E-state index in [2.05, 4.69) is 20.1 Å². The highest BCUT2D eigenvalue weighted by molar-refractivity contribution is 6.62. The molecule has 16 heteroatoms. The van der Waals surface area contributed by atoms with E-state index in [-0.39, 0.29) is 40.2 Å². The average Bonchev–Trinajstić information content (AvgIpc) is 3.84. The number of carbonyl (C=O) groups excluding carboxylic acids is 2. The van der Waals surface area contributed by atoms with Gasteiger partial charge >= 0.3 is 27.5 Å². The zero-order chi connectivity index (χ0) is 34.1. The smallest absolute Gasteiger partial charge is 0.434 e. The molecule has 5 rings (SSSR count). The van der Waals surface area contributed by atoms with Crippen LogP contribution in [0.2, 0.25) is 0 Å². The fraction of sp³-hybridized carbons (Fsp3) is 0.533. The summed E-state index contributed by atoms with van der Waals surface area (Å²) in [6, 6.07) is 5.70. The van der Waals surface area contributed by atoms with Gasteiger partial charge < -0.3 is 39.5 Å². The lowest BCUT2D eigenvalue weighted by Crippen LogP contribution is -2.41. The number of hydrogen-bond donors (Lipinski definition) is 4. The predicted molar refractivity (Wildman–Crippen MR) is 162 cm³/mol. The summed E-state index contributed by atoms with van der Waals surface area (Å²) in [4.78, 5) is 24.5. The molecule has 4 N–H and O–H groups in total. The number of ether oxygens (including phenoxy) is 2. The second-order valence-electron chi connectivity index (χ2n) is 12.6. The fourth-order valence-electron chi connectivity index (χ4n) is 4.76. The van der Waals surface area contributed by atoms with Gasteiger partial charge in [-0.25, -0.2) is 0 Å². The van der Waals surface area contributed by atoms with Crippen molar-refractivity contribution in [1.29, 1.82) is 0 Å². The van der Waals surface area contributed by atoms with Crippen molar-refractivity contribution in [2.75, 3.05) is 0 Å². The monoisotopic (exact) mass is 652 g/mol. The molecule has 1 saturated heterocycles. The minimum atomic E-state index is -3.10. The standard InChI is InChI=1S/C18H24BF2NO4.C12H14BF2NO4/c1-10-8-11(19-25-17(2,3)18(4,5)26-19)9-13(24-16(20)21)14(10)15(23)22-12-6-7-12;1-6-4-7(13(18)19)5-9(20-12(14)15)10(6)11(17)16-8-2-3-8/h8-9,12,16H,6-7H2,1-5H3,(H,22,23);4-5,8,12,18-19H,2-3H2,1H3,(H,16,17). The van der Waals surface area contributed by atoms with Crippen LogP contribution in [0, 0.1) is 13.8 Å². The van der Waals surface area contributed by atoms with Crippen LogP contribution in [0.3, 0.4) is 0 Å². The van der Waals surface area contributed by atoms with Crippen LogP contribution in [-0.4, -0.2) is 72.6 Å². The molecule has 0 radical (unpaired) electrons. The molecule has 0 bridgehead atoms. The second-order valence-corrected chi connectivity index (χ2v) is 12.6. The molecule has 3 aliphatic rings. The summed E-state index contributed by atoms with van der Waals surface area (Å²) >= 11 is 0. The molecule has 0 aromatic heterocycles. The van der Waals surface area contributed by atoms with Crippen molar-refractivity contribution in [2.24, 2.45) is 0 Å². The van der Waals surface area contributed by atoms with E-state index in [4.69, 9.17) is 19.4 Å². The topological polar surface area (TPSA) is 136 Å². The van der Waals surface area contributed by atoms with Gasteiger partial charge in [-0.2, -0.15) is 17.6 Å². The first-order valence-electron chi connectivity index (χ1n) is 14.9. The first kappa shape index (κ1) is 35.5. The van der Waals surface area contributed by atoms with Gasteiger partial charge in [-0.05, 0) is 101 Å². The largest absolute Gasteiger partial charge is 0.494 e. The van der Waals surface area contributed by atoms with Crippen molar-refractivity contribution < 1.29 is 56.0 Å². The summed E-state index contributed by atoms with van der Waals surface area (Å²) in [5.41, 5.74) is 0.393. The lowest BCUT2D eigenvalue weighted by atomic mass is 9.77. The van der Waals surface area contributed by atoms with Gasteiger partial charge in [-0.15, -0.1) is 0 Å². The summed E-state index contributed by atoms with van der Waals surface area (Å²) < 4.78 is 71.6. The van der Waals surface area contributed by atoms with Gasteiger partial charge in [0.25, 0.3) is 11.8 Å². The predicted octanol–water partition coefficient (Wildman–Crippen LogP) is 2.96. The summed E-state index contributed by atoms with van der Waals surface area (Å²) in [5.74, 6) is -1.43. The Labute approximate surface area is 265 Å². The van der Waals surface area contributed by atoms with Crippen LogP contribution in [0.4, 0.5) is 17.6 Å². The number of benzene rings is 2. The molecule has 2 aliphatic carbocycles. The fourth-order valence-corrected chi connectivity index (χ4v) is 4.76. The Hall–Kier alpha value is -3.33. The molecule has 250 valence electrons. The summed E-state index contributed by atoms with van der Waals surface area (Å²) in [5, 5.41) is 23.7. The van der Waals surface area contributed by atoms with Gasteiger partial charge in [0.1, 0.15) is 11.5 Å². The normalized spacial score (nSPS) is 18.2. The molecule has 46 heavy (non-hydrogen) atoms. The number of hydrogen-bond acceptors (Lipinski definition) is 8. The molecular formula is C30H38B2F4N2O8. The van der Waals surface area contributed by atoms with E-state index in [0.29, 0.717) is 16.6 Å². The van der Waals surface area contributed by atoms with Gasteiger partial charge in [-0.3, -0.25) is 9.59 Å². The third-order valence-corrected chi connectivity index (χ3v) is 8.18. The van der Waals surface area contributed by atoms with E-state index >= 15 is 0 Å². The minimum absolute atomic E-state index is 0.0124. The van der Waals surface area contributed by atoms with Gasteiger partial charge in [0.2, 0.25) is 0 Å². The highest BCUT2D eigenvalue weighted by Crippen LogP contribution is 2.37. The maximum Gasteiger partial charge on any atom is 0.494 e. The lowest BCUT2D eigenvalue weighted by Gasteiger charge is -2.32. The molecule has 1 heterocycles. The highest BCUT2D eigenvalue weighted by Gasteiger charge is 2.52. The molecule has 2 amide bonds. The number of amides is 2. The van der Waals surface area contributed by atoms with Crippen molar-refractivity contribution in [3.8, 4) is 11.5 Å². The van der Waals surface area contributed by atoms with Crippen LogP contribution < -0.4 is 31.0 Å². The highest BCUT2D eigenvalue weighted by atomic mass is 19.3. The van der Waals surface area contributed by atoms with E-state index in [1.807, 2.05) is 27.7 Å². The first-order valence-corrected chi connectivity index (χ1v) is 14.9. The van der Waals surface area contributed by atoms with Crippen molar-refractivity contribution in [1.82, 2.24) is 10.6 Å². The molecule has 10 nitrogen and oxygen atoms in total. The van der Waals surface area contributed by atoms with Crippen molar-refractivity contribution in [2.45, 2.75) is 104 Å². The molecule has 0 spiro atoms. The van der Waals surface area contributed by atoms with E-state index in [0.717, 1.165) is 31.7 Å². The van der Waals surface area contributed by atoms with Crippen molar-refractivity contribution in [3.63, 3.8) is 0 Å². The molecule has 3 fully saturated rings. The third-order valence-electron chi connectivity index (χ3n) is 8.18. The van der Waals surface area contributed by atoms with E-state index in [1.165, 1.54) is 19.1 Å². The number of aryl methyl sites for hydroxylation is 2. The summed E-state index contributed by atoms with van der Waals surface area (Å²) in [6.45, 7) is 4.72. The second kappa shape index (κ2) is 13.8. The zero-order valence-electron chi connectivity index (χ0n) is 26.5. The Morgan fingerprint density at radius 3 is 1.61 bits per heavy atom. The number of carbonyl (C=O) groups is 2. The number of halogens is 4. The number of nitrogens with one attached hydrogen (secondary N) is 2. The van der Waals surface area contributed by atoms with Crippen LogP contribution in [-0.2, 0) is 9.31 Å². The zero-order valence-corrected chi connectivity index (χ0v) is 26.5. The van der Waals surface area contributed by atoms with Crippen molar-refractivity contribution in [3.05, 3.63) is 46.5 Å². The Balaban J connectivity index is 0.000000216. The van der Waals surface area contributed by atoms with Gasteiger partial charge in [0, 0.05) is 12.1 Å². The number of alkyl halides is 4. The minimum Gasteiger partial charge on any atom is -0.434 e. The third kappa shape index (κ3) is 8.72. The van der Waals surface area contributed by atoms with E-state index in [1.54, 1.807) is 13.0 Å². The SMILES string of the molecule is Cc1cc(B(O)O)cc(OC(F)F)c1C(=O)NC1CC1.Cc1cc(B2OC(C)(C)C(C)(C)O2)cc(OC(F)F)c1C(=O)NC1CC1. The maximum absolute atomic E-state index is 12.9. The average molecular weight is 652 g/mol. The Morgan fingerprint density at radius 2 is 1.22 bits per heavy atom. The molecule has 0 atom stereocenters. The van der Waals surface area contributed by atoms with E-state index in [9.17, 15) is 27.2 Å². The summed E-state index contributed by atoms with van der Waals surface area (Å²) in [7, 11) is -2.55. The maximum atomic E-state index is 12.9. The first-order chi connectivity index (χ1) is 21.4. The van der Waals surface area contributed by atoms with Crippen LogP contribution in [0.5, 0.6) is 11.5 Å². The van der Waals surface area contributed by atoms with Crippen LogP contribution in [0.25, 0.3) is 0 Å². The number of rotatable bonds is 10. The quantitative estimate of drug-likeness (QED) is 0.228. The molecule has 1 aliphatic heterocycles. The van der Waals surface area contributed by atoms with Gasteiger partial charge in [0.15, 0.2) is 0 Å². The lowest BCUT2D eigenvalue weighted by molar-refractivity contribution is -0.0509. The Bertz CT molecular complexity index is 1440. The Kier molecular flexibility index (Phi) is 10.7. The van der Waals surface area contributed by atoms with E-state index < -0.39 is 50.5 Å². The Morgan fingerprint density at radius 1 is 0.804 bits per heavy atom. The molecule has 0 unspecified atom stereocenters. The molecule has 2 aromatic rings. The van der Waals surface area contributed by atoms with Gasteiger partial charge in [0.05, 0.1) is 22.3 Å². The molecule has 2 aromatic carbocycles. The van der Waals surface area contributed by atoms with Crippen LogP contribution >= 0.6 is 0 Å². The molecular weight excluding hydrogens is 614 g/mol. The van der Waals surface area contributed by atoms with Crippen molar-refractivity contribution >= 4 is 37.0 Å². The van der Waals surface area contributed by atoms with Gasteiger partial charge in [-0.1, -0.05) is 12.1 Å².